The van der Waals surface area contributed by atoms with Gasteiger partial charge in [-0.25, -0.2) is 4.79 Å². The Morgan fingerprint density at radius 1 is 1.11 bits per heavy atom. The molecule has 0 atom stereocenters. The predicted molar refractivity (Wildman–Crippen MR) is 72.3 cm³/mol. The molecule has 0 spiro atoms. The second-order valence-corrected chi connectivity index (χ2v) is 4.05. The van der Waals surface area contributed by atoms with Crippen LogP contribution in [0, 0.1) is 0 Å². The number of hydrogen-bond acceptors (Lipinski definition) is 3. The molecule has 2 aromatic rings. The number of phenols is 1. The third-order valence-corrected chi connectivity index (χ3v) is 2.55. The Morgan fingerprint density at radius 2 is 1.89 bits per heavy atom. The highest BCUT2D eigenvalue weighted by atomic mass is 16.5. The van der Waals surface area contributed by atoms with E-state index in [1.165, 1.54) is 0 Å². The molecular weight excluding hydrogens is 242 g/mol. The molecule has 0 radical (unpaired) electrons. The zero-order valence-electron chi connectivity index (χ0n) is 10.4. The summed E-state index contributed by atoms with van der Waals surface area (Å²) in [5.74, 6) is 0.738. The average Bonchev–Trinajstić information content (AvgIpc) is 2.40. The van der Waals surface area contributed by atoms with Crippen molar-refractivity contribution in [3.05, 3.63) is 60.2 Å². The predicted octanol–water partition coefficient (Wildman–Crippen LogP) is 2.72. The molecule has 19 heavy (non-hydrogen) atoms. The molecule has 0 aliphatic heterocycles. The van der Waals surface area contributed by atoms with E-state index in [4.69, 9.17) is 4.74 Å². The van der Waals surface area contributed by atoms with Crippen molar-refractivity contribution in [2.75, 3.05) is 6.54 Å². The fraction of sp³-hybridized carbons (Fsp3) is 0.133. The number of rotatable bonds is 4. The van der Waals surface area contributed by atoms with Gasteiger partial charge in [0.1, 0.15) is 11.5 Å². The van der Waals surface area contributed by atoms with Crippen LogP contribution in [-0.4, -0.2) is 17.7 Å². The van der Waals surface area contributed by atoms with Crippen molar-refractivity contribution in [2.45, 2.75) is 6.42 Å². The Kier molecular flexibility index (Phi) is 4.39. The number of amides is 1. The summed E-state index contributed by atoms with van der Waals surface area (Å²) in [4.78, 5) is 11.5. The molecule has 0 aliphatic rings. The average molecular weight is 257 g/mol. The van der Waals surface area contributed by atoms with Gasteiger partial charge >= 0.3 is 6.09 Å². The number of nitrogens with one attached hydrogen (secondary N) is 1. The van der Waals surface area contributed by atoms with Crippen molar-refractivity contribution in [1.29, 1.82) is 0 Å². The molecule has 0 saturated heterocycles. The minimum atomic E-state index is -0.480. The van der Waals surface area contributed by atoms with Gasteiger partial charge in [0.25, 0.3) is 0 Å². The SMILES string of the molecule is O=C(NCCc1cccc(O)c1)Oc1ccccc1. The molecule has 98 valence electrons. The highest BCUT2D eigenvalue weighted by Gasteiger charge is 2.03. The minimum absolute atomic E-state index is 0.226. The Balaban J connectivity index is 1.75. The van der Waals surface area contributed by atoms with Gasteiger partial charge in [-0.05, 0) is 36.2 Å². The van der Waals surface area contributed by atoms with E-state index in [9.17, 15) is 9.90 Å². The van der Waals surface area contributed by atoms with E-state index in [1.54, 1.807) is 42.5 Å². The fourth-order valence-corrected chi connectivity index (χ4v) is 1.65. The summed E-state index contributed by atoms with van der Waals surface area (Å²) in [5, 5.41) is 12.0. The summed E-state index contributed by atoms with van der Waals surface area (Å²) < 4.78 is 5.08. The van der Waals surface area contributed by atoms with Crippen LogP contribution in [0.25, 0.3) is 0 Å². The Morgan fingerprint density at radius 3 is 2.63 bits per heavy atom. The van der Waals surface area contributed by atoms with Gasteiger partial charge in [-0.15, -0.1) is 0 Å². The molecule has 0 aliphatic carbocycles. The number of benzene rings is 2. The molecule has 0 saturated carbocycles. The van der Waals surface area contributed by atoms with Gasteiger partial charge < -0.3 is 15.2 Å². The Hall–Kier alpha value is -2.49. The van der Waals surface area contributed by atoms with E-state index in [0.29, 0.717) is 18.7 Å². The van der Waals surface area contributed by atoms with E-state index < -0.39 is 6.09 Å². The lowest BCUT2D eigenvalue weighted by Crippen LogP contribution is -2.28. The highest BCUT2D eigenvalue weighted by Crippen LogP contribution is 2.11. The van der Waals surface area contributed by atoms with Crippen LogP contribution in [0.2, 0.25) is 0 Å². The van der Waals surface area contributed by atoms with Gasteiger partial charge in [0.05, 0.1) is 0 Å². The van der Waals surface area contributed by atoms with Crippen molar-refractivity contribution in [3.63, 3.8) is 0 Å². The maximum Gasteiger partial charge on any atom is 0.412 e. The monoisotopic (exact) mass is 257 g/mol. The molecule has 0 unspecified atom stereocenters. The van der Waals surface area contributed by atoms with Gasteiger partial charge in [0.15, 0.2) is 0 Å². The lowest BCUT2D eigenvalue weighted by atomic mass is 10.1. The lowest BCUT2D eigenvalue weighted by Gasteiger charge is -2.06. The molecular formula is C15H15NO3. The number of phenolic OH excluding ortho intramolecular Hbond substituents is 1. The van der Waals surface area contributed by atoms with Crippen molar-refractivity contribution in [3.8, 4) is 11.5 Å². The van der Waals surface area contributed by atoms with Crippen LogP contribution in [0.5, 0.6) is 11.5 Å². The summed E-state index contributed by atoms with van der Waals surface area (Å²) >= 11 is 0. The van der Waals surface area contributed by atoms with Crippen LogP contribution in [0.3, 0.4) is 0 Å². The number of carbonyl (C=O) groups excluding carboxylic acids is 1. The summed E-state index contributed by atoms with van der Waals surface area (Å²) in [6.07, 6.45) is 0.157. The smallest absolute Gasteiger partial charge is 0.412 e. The third-order valence-electron chi connectivity index (χ3n) is 2.55. The fourth-order valence-electron chi connectivity index (χ4n) is 1.65. The summed E-state index contributed by atoms with van der Waals surface area (Å²) in [7, 11) is 0. The maximum atomic E-state index is 11.5. The van der Waals surface area contributed by atoms with Crippen LogP contribution in [0.4, 0.5) is 4.79 Å². The van der Waals surface area contributed by atoms with E-state index >= 15 is 0 Å². The van der Waals surface area contributed by atoms with Crippen molar-refractivity contribution in [1.82, 2.24) is 5.32 Å². The van der Waals surface area contributed by atoms with Gasteiger partial charge in [0, 0.05) is 6.54 Å². The second-order valence-electron chi connectivity index (χ2n) is 4.05. The van der Waals surface area contributed by atoms with E-state index in [1.807, 2.05) is 12.1 Å². The number of carbonyl (C=O) groups is 1. The third kappa shape index (κ3) is 4.35. The molecule has 0 bridgehead atoms. The molecule has 4 heteroatoms. The molecule has 1 amide bonds. The van der Waals surface area contributed by atoms with Crippen LogP contribution in [0.1, 0.15) is 5.56 Å². The van der Waals surface area contributed by atoms with E-state index in [2.05, 4.69) is 5.32 Å². The summed E-state index contributed by atoms with van der Waals surface area (Å²) in [5.41, 5.74) is 0.958. The maximum absolute atomic E-state index is 11.5. The summed E-state index contributed by atoms with van der Waals surface area (Å²) in [6, 6.07) is 15.8. The number of para-hydroxylation sites is 1. The molecule has 0 aromatic heterocycles. The normalized spacial score (nSPS) is 9.89. The van der Waals surface area contributed by atoms with Crippen LogP contribution < -0.4 is 10.1 Å². The van der Waals surface area contributed by atoms with E-state index in [-0.39, 0.29) is 5.75 Å². The summed E-state index contributed by atoms with van der Waals surface area (Å²) in [6.45, 7) is 0.453. The Labute approximate surface area is 111 Å². The first-order chi connectivity index (χ1) is 9.24. The number of aromatic hydroxyl groups is 1. The Bertz CT molecular complexity index is 540. The second kappa shape index (κ2) is 6.44. The molecule has 2 rings (SSSR count). The number of ether oxygens (including phenoxy) is 1. The first kappa shape index (κ1) is 13.0. The van der Waals surface area contributed by atoms with E-state index in [0.717, 1.165) is 5.56 Å². The quantitative estimate of drug-likeness (QED) is 0.885. The van der Waals surface area contributed by atoms with Crippen LogP contribution in [0.15, 0.2) is 54.6 Å². The lowest BCUT2D eigenvalue weighted by molar-refractivity contribution is 0.200. The van der Waals surface area contributed by atoms with Crippen molar-refractivity contribution in [2.24, 2.45) is 0 Å². The molecule has 2 N–H and O–H groups in total. The first-order valence-electron chi connectivity index (χ1n) is 6.03. The number of hydrogen-bond donors (Lipinski definition) is 2. The molecule has 0 fully saturated rings. The van der Waals surface area contributed by atoms with Crippen molar-refractivity contribution >= 4 is 6.09 Å². The molecule has 4 nitrogen and oxygen atoms in total. The zero-order valence-corrected chi connectivity index (χ0v) is 10.4. The molecule has 0 heterocycles. The van der Waals surface area contributed by atoms with Gasteiger partial charge in [-0.3, -0.25) is 0 Å². The first-order valence-corrected chi connectivity index (χ1v) is 6.03. The van der Waals surface area contributed by atoms with Gasteiger partial charge in [-0.1, -0.05) is 30.3 Å². The van der Waals surface area contributed by atoms with Crippen molar-refractivity contribution < 1.29 is 14.6 Å². The zero-order chi connectivity index (χ0) is 13.5. The standard InChI is InChI=1S/C15H15NO3/c17-13-6-4-5-12(11-13)9-10-16-15(18)19-14-7-2-1-3-8-14/h1-8,11,17H,9-10H2,(H,16,18). The molecule has 2 aromatic carbocycles. The van der Waals surface area contributed by atoms with Crippen LogP contribution in [-0.2, 0) is 6.42 Å². The van der Waals surface area contributed by atoms with Crippen LogP contribution >= 0.6 is 0 Å². The largest absolute Gasteiger partial charge is 0.508 e. The van der Waals surface area contributed by atoms with Gasteiger partial charge in [-0.2, -0.15) is 0 Å². The highest BCUT2D eigenvalue weighted by molar-refractivity contribution is 5.70. The minimum Gasteiger partial charge on any atom is -0.508 e. The topological polar surface area (TPSA) is 58.6 Å². The van der Waals surface area contributed by atoms with Gasteiger partial charge in [0.2, 0.25) is 0 Å².